The molecule has 3 nitrogen and oxygen atoms in total. The molecule has 1 heterocycles. The Bertz CT molecular complexity index is 450. The number of ether oxygens (including phenoxy) is 2. The third kappa shape index (κ3) is 1.61. The molecular formula is C14H19NO2. The fourth-order valence-corrected chi connectivity index (χ4v) is 2.77. The van der Waals surface area contributed by atoms with Crippen molar-refractivity contribution < 1.29 is 9.47 Å². The lowest BCUT2D eigenvalue weighted by Gasteiger charge is -2.27. The Morgan fingerprint density at radius 1 is 1.24 bits per heavy atom. The third-order valence-electron chi connectivity index (χ3n) is 3.98. The van der Waals surface area contributed by atoms with E-state index in [-0.39, 0.29) is 11.5 Å². The quantitative estimate of drug-likeness (QED) is 0.851. The minimum atomic E-state index is 0.122. The second kappa shape index (κ2) is 3.64. The molecule has 1 unspecified atom stereocenters. The van der Waals surface area contributed by atoms with E-state index in [2.05, 4.69) is 26.0 Å². The molecule has 2 aliphatic rings. The van der Waals surface area contributed by atoms with Gasteiger partial charge in [-0.05, 0) is 38.3 Å². The van der Waals surface area contributed by atoms with Crippen LogP contribution < -0.4 is 15.2 Å². The van der Waals surface area contributed by atoms with Crippen molar-refractivity contribution in [3.63, 3.8) is 0 Å². The van der Waals surface area contributed by atoms with Gasteiger partial charge in [0.15, 0.2) is 11.5 Å². The second-order valence-electron chi connectivity index (χ2n) is 5.28. The highest BCUT2D eigenvalue weighted by atomic mass is 16.6. The lowest BCUT2D eigenvalue weighted by atomic mass is 9.87. The smallest absolute Gasteiger partial charge is 0.165 e. The van der Waals surface area contributed by atoms with Crippen LogP contribution in [0.3, 0.4) is 0 Å². The molecule has 1 saturated carbocycles. The van der Waals surface area contributed by atoms with Crippen LogP contribution >= 0.6 is 0 Å². The van der Waals surface area contributed by atoms with Gasteiger partial charge in [-0.1, -0.05) is 6.07 Å². The van der Waals surface area contributed by atoms with Crippen LogP contribution in [0, 0.1) is 6.92 Å². The van der Waals surface area contributed by atoms with E-state index in [1.54, 1.807) is 0 Å². The molecule has 3 rings (SSSR count). The van der Waals surface area contributed by atoms with Crippen molar-refractivity contribution >= 4 is 0 Å². The summed E-state index contributed by atoms with van der Waals surface area (Å²) in [6, 6.07) is 4.43. The molecule has 1 aromatic rings. The summed E-state index contributed by atoms with van der Waals surface area (Å²) in [5.74, 6) is 1.81. The fraction of sp³-hybridized carbons (Fsp3) is 0.571. The minimum absolute atomic E-state index is 0.122. The molecule has 1 atom stereocenters. The first kappa shape index (κ1) is 10.9. The van der Waals surface area contributed by atoms with E-state index in [1.807, 2.05) is 0 Å². The standard InChI is InChI=1S/C14H19NO2/c1-9-7-11(14(3-4-14)10(2)15)13-12(8-9)16-5-6-17-13/h7-8,10H,3-6,15H2,1-2H3. The molecule has 17 heavy (non-hydrogen) atoms. The normalized spacial score (nSPS) is 22.1. The summed E-state index contributed by atoms with van der Waals surface area (Å²) in [5, 5.41) is 0. The Kier molecular flexibility index (Phi) is 2.33. The van der Waals surface area contributed by atoms with Crippen LogP contribution in [0.4, 0.5) is 0 Å². The second-order valence-corrected chi connectivity index (χ2v) is 5.28. The first-order chi connectivity index (χ1) is 8.13. The molecule has 1 aromatic carbocycles. The van der Waals surface area contributed by atoms with Crippen LogP contribution in [-0.2, 0) is 5.41 Å². The SMILES string of the molecule is Cc1cc2c(c(C3(C(C)N)CC3)c1)OCCO2. The lowest BCUT2D eigenvalue weighted by molar-refractivity contribution is 0.168. The van der Waals surface area contributed by atoms with Crippen LogP contribution in [0.2, 0.25) is 0 Å². The van der Waals surface area contributed by atoms with Crippen molar-refractivity contribution in [3.05, 3.63) is 23.3 Å². The Labute approximate surface area is 102 Å². The highest BCUT2D eigenvalue weighted by Crippen LogP contribution is 2.55. The summed E-state index contributed by atoms with van der Waals surface area (Å²) in [4.78, 5) is 0. The maximum atomic E-state index is 6.15. The third-order valence-corrected chi connectivity index (χ3v) is 3.98. The van der Waals surface area contributed by atoms with Crippen LogP contribution in [0.15, 0.2) is 12.1 Å². The van der Waals surface area contributed by atoms with Gasteiger partial charge < -0.3 is 15.2 Å². The van der Waals surface area contributed by atoms with Crippen LogP contribution in [0.1, 0.15) is 30.9 Å². The lowest BCUT2D eigenvalue weighted by Crippen LogP contribution is -2.32. The molecule has 3 heteroatoms. The Balaban J connectivity index is 2.13. The monoisotopic (exact) mass is 233 g/mol. The zero-order chi connectivity index (χ0) is 12.0. The van der Waals surface area contributed by atoms with Gasteiger partial charge >= 0.3 is 0 Å². The Hall–Kier alpha value is -1.22. The highest BCUT2D eigenvalue weighted by Gasteiger charge is 2.50. The number of aryl methyl sites for hydroxylation is 1. The van der Waals surface area contributed by atoms with Crippen molar-refractivity contribution in [1.82, 2.24) is 0 Å². The molecule has 0 aromatic heterocycles. The molecule has 92 valence electrons. The zero-order valence-electron chi connectivity index (χ0n) is 10.5. The van der Waals surface area contributed by atoms with Crippen molar-refractivity contribution in [1.29, 1.82) is 0 Å². The van der Waals surface area contributed by atoms with Gasteiger partial charge in [0, 0.05) is 17.0 Å². The molecule has 0 radical (unpaired) electrons. The predicted octanol–water partition coefficient (Wildman–Crippen LogP) is 2.15. The summed E-state index contributed by atoms with van der Waals surface area (Å²) in [6.45, 7) is 5.46. The largest absolute Gasteiger partial charge is 0.486 e. The maximum Gasteiger partial charge on any atom is 0.165 e. The van der Waals surface area contributed by atoms with Gasteiger partial charge in [0.1, 0.15) is 13.2 Å². The van der Waals surface area contributed by atoms with Gasteiger partial charge in [-0.2, -0.15) is 0 Å². The molecule has 1 fully saturated rings. The topological polar surface area (TPSA) is 44.5 Å². The van der Waals surface area contributed by atoms with E-state index in [9.17, 15) is 0 Å². The average Bonchev–Trinajstić information content (AvgIpc) is 3.09. The van der Waals surface area contributed by atoms with Gasteiger partial charge in [-0.25, -0.2) is 0 Å². The number of rotatable bonds is 2. The van der Waals surface area contributed by atoms with Crippen molar-refractivity contribution in [2.45, 2.75) is 38.1 Å². The number of hydrogen-bond donors (Lipinski definition) is 1. The number of fused-ring (bicyclic) bond motifs is 1. The molecule has 0 bridgehead atoms. The molecule has 0 saturated heterocycles. The van der Waals surface area contributed by atoms with Crippen molar-refractivity contribution in [2.75, 3.05) is 13.2 Å². The van der Waals surface area contributed by atoms with Gasteiger partial charge in [0.25, 0.3) is 0 Å². The maximum absolute atomic E-state index is 6.15. The summed E-state index contributed by atoms with van der Waals surface area (Å²) < 4.78 is 11.5. The molecule has 1 aliphatic carbocycles. The summed E-state index contributed by atoms with van der Waals surface area (Å²) in [7, 11) is 0. The molecule has 2 N–H and O–H groups in total. The van der Waals surface area contributed by atoms with E-state index < -0.39 is 0 Å². The van der Waals surface area contributed by atoms with Gasteiger partial charge in [-0.15, -0.1) is 0 Å². The fourth-order valence-electron chi connectivity index (χ4n) is 2.77. The van der Waals surface area contributed by atoms with E-state index in [1.165, 1.54) is 11.1 Å². The van der Waals surface area contributed by atoms with Crippen molar-refractivity contribution in [3.8, 4) is 11.5 Å². The minimum Gasteiger partial charge on any atom is -0.486 e. The molecule has 0 amide bonds. The molecular weight excluding hydrogens is 214 g/mol. The molecule has 0 spiro atoms. The Morgan fingerprint density at radius 3 is 2.59 bits per heavy atom. The first-order valence-electron chi connectivity index (χ1n) is 6.30. The zero-order valence-corrected chi connectivity index (χ0v) is 10.5. The number of nitrogens with two attached hydrogens (primary N) is 1. The predicted molar refractivity (Wildman–Crippen MR) is 66.7 cm³/mol. The Morgan fingerprint density at radius 2 is 1.94 bits per heavy atom. The number of benzene rings is 1. The van der Waals surface area contributed by atoms with Gasteiger partial charge in [0.2, 0.25) is 0 Å². The van der Waals surface area contributed by atoms with Gasteiger partial charge in [0.05, 0.1) is 0 Å². The van der Waals surface area contributed by atoms with Crippen LogP contribution in [0.25, 0.3) is 0 Å². The number of hydrogen-bond acceptors (Lipinski definition) is 3. The van der Waals surface area contributed by atoms with Crippen LogP contribution in [-0.4, -0.2) is 19.3 Å². The van der Waals surface area contributed by atoms with Crippen molar-refractivity contribution in [2.24, 2.45) is 5.73 Å². The van der Waals surface area contributed by atoms with Crippen LogP contribution in [0.5, 0.6) is 11.5 Å². The summed E-state index contributed by atoms with van der Waals surface area (Å²) >= 11 is 0. The summed E-state index contributed by atoms with van der Waals surface area (Å²) in [5.41, 5.74) is 8.74. The van der Waals surface area contributed by atoms with E-state index >= 15 is 0 Å². The van der Waals surface area contributed by atoms with E-state index in [0.717, 1.165) is 24.3 Å². The van der Waals surface area contributed by atoms with Gasteiger partial charge in [-0.3, -0.25) is 0 Å². The molecule has 1 aliphatic heterocycles. The highest BCUT2D eigenvalue weighted by molar-refractivity contribution is 5.55. The van der Waals surface area contributed by atoms with E-state index in [0.29, 0.717) is 13.2 Å². The first-order valence-corrected chi connectivity index (χ1v) is 6.30. The average molecular weight is 233 g/mol. The van der Waals surface area contributed by atoms with E-state index in [4.69, 9.17) is 15.2 Å². The summed E-state index contributed by atoms with van der Waals surface area (Å²) in [6.07, 6.45) is 2.31.